The third-order valence-corrected chi connectivity index (χ3v) is 2.29. The number of hydrogen-bond acceptors (Lipinski definition) is 5. The largest absolute Gasteiger partial charge is 0.502 e. The molecule has 1 radical (unpaired) electrons. The molecule has 1 aromatic rings. The molecule has 2 N–H and O–H groups in total. The van der Waals surface area contributed by atoms with Crippen LogP contribution in [0.25, 0.3) is 0 Å². The molecule has 0 bridgehead atoms. The molecule has 9 heteroatoms. The minimum absolute atomic E-state index is 0. The van der Waals surface area contributed by atoms with Gasteiger partial charge in [0.15, 0.2) is 5.75 Å². The molecule has 0 atom stereocenters. The van der Waals surface area contributed by atoms with E-state index in [0.29, 0.717) is 6.07 Å². The van der Waals surface area contributed by atoms with E-state index in [0.717, 1.165) is 12.1 Å². The summed E-state index contributed by atoms with van der Waals surface area (Å²) in [5.74, 6) is -0.664. The number of rotatable bonds is 2. The Balaban J connectivity index is 0.00000196. The summed E-state index contributed by atoms with van der Waals surface area (Å²) in [5.41, 5.74) is -0.778. The predicted octanol–water partition coefficient (Wildman–Crippen LogP) is 0.166. The van der Waals surface area contributed by atoms with Crippen molar-refractivity contribution < 1.29 is 23.0 Å². The van der Waals surface area contributed by atoms with Crippen LogP contribution in [0, 0.1) is 10.1 Å². The first-order chi connectivity index (χ1) is 6.32. The SMILES string of the molecule is O=[N+]([O-])c1cc(S(=O)(=O)O)ccc1O.[Na]. The zero-order chi connectivity index (χ0) is 10.9. The first kappa shape index (κ1) is 14.3. The van der Waals surface area contributed by atoms with Gasteiger partial charge in [-0.1, -0.05) is 0 Å². The molecule has 1 aromatic carbocycles. The van der Waals surface area contributed by atoms with Gasteiger partial charge in [-0.25, -0.2) is 0 Å². The van der Waals surface area contributed by atoms with Crippen LogP contribution in [0.3, 0.4) is 0 Å². The molecule has 0 heterocycles. The van der Waals surface area contributed by atoms with Gasteiger partial charge in [-0.2, -0.15) is 8.42 Å². The second-order valence-corrected chi connectivity index (χ2v) is 3.80. The first-order valence-electron chi connectivity index (χ1n) is 3.27. The summed E-state index contributed by atoms with van der Waals surface area (Å²) in [7, 11) is -4.49. The van der Waals surface area contributed by atoms with E-state index in [1.54, 1.807) is 0 Å². The van der Waals surface area contributed by atoms with Crippen LogP contribution in [0.1, 0.15) is 0 Å². The van der Waals surface area contributed by atoms with E-state index in [-0.39, 0.29) is 29.6 Å². The van der Waals surface area contributed by atoms with Crippen LogP contribution in [0.5, 0.6) is 5.75 Å². The number of hydrogen-bond donors (Lipinski definition) is 2. The number of phenolic OH excluding ortho intramolecular Hbond substituents is 1. The average molecular weight is 242 g/mol. The Hall–Kier alpha value is -0.670. The zero-order valence-electron chi connectivity index (χ0n) is 7.61. The molecular formula is C6H5NNaO6S. The standard InChI is InChI=1S/C6H5NO6S.Na/c8-6-2-1-4(14(11,12)13)3-5(6)7(9)10;/h1-3,8H,(H,11,12,13);. The van der Waals surface area contributed by atoms with Crippen molar-refractivity contribution in [1.82, 2.24) is 0 Å². The van der Waals surface area contributed by atoms with Gasteiger partial charge in [0, 0.05) is 35.6 Å². The van der Waals surface area contributed by atoms with E-state index in [1.165, 1.54) is 0 Å². The van der Waals surface area contributed by atoms with Crippen molar-refractivity contribution in [3.8, 4) is 5.75 Å². The molecule has 0 aliphatic heterocycles. The minimum Gasteiger partial charge on any atom is -0.502 e. The summed E-state index contributed by atoms with van der Waals surface area (Å²) >= 11 is 0. The Labute approximate surface area is 107 Å². The number of benzene rings is 1. The van der Waals surface area contributed by atoms with Crippen LogP contribution >= 0.6 is 0 Å². The van der Waals surface area contributed by atoms with Crippen LogP contribution in [0.2, 0.25) is 0 Å². The van der Waals surface area contributed by atoms with Gasteiger partial charge in [0.25, 0.3) is 10.1 Å². The third-order valence-electron chi connectivity index (χ3n) is 1.44. The van der Waals surface area contributed by atoms with Crippen LogP contribution < -0.4 is 0 Å². The van der Waals surface area contributed by atoms with Crippen molar-refractivity contribution in [1.29, 1.82) is 0 Å². The maximum Gasteiger partial charge on any atom is 0.312 e. The molecule has 15 heavy (non-hydrogen) atoms. The van der Waals surface area contributed by atoms with Crippen molar-refractivity contribution in [3.05, 3.63) is 28.3 Å². The second kappa shape index (κ2) is 4.90. The summed E-state index contributed by atoms with van der Waals surface area (Å²) in [6, 6.07) is 2.25. The topological polar surface area (TPSA) is 118 Å². The normalized spacial score (nSPS) is 10.5. The Kier molecular flexibility index (Phi) is 4.68. The fourth-order valence-corrected chi connectivity index (χ4v) is 1.31. The molecule has 7 nitrogen and oxygen atoms in total. The van der Waals surface area contributed by atoms with Gasteiger partial charge in [-0.05, 0) is 12.1 Å². The third kappa shape index (κ3) is 3.43. The molecule has 0 aliphatic rings. The van der Waals surface area contributed by atoms with Crippen LogP contribution in [-0.2, 0) is 10.1 Å². The molecular weight excluding hydrogens is 237 g/mol. The summed E-state index contributed by atoms with van der Waals surface area (Å²) in [4.78, 5) is 8.68. The van der Waals surface area contributed by atoms with Crippen molar-refractivity contribution in [2.24, 2.45) is 0 Å². The predicted molar refractivity (Wildman–Crippen MR) is 50.3 cm³/mol. The Morgan fingerprint density at radius 1 is 1.33 bits per heavy atom. The maximum atomic E-state index is 10.6. The number of phenols is 1. The molecule has 77 valence electrons. The fraction of sp³-hybridized carbons (Fsp3) is 0. The monoisotopic (exact) mass is 242 g/mol. The Morgan fingerprint density at radius 2 is 1.87 bits per heavy atom. The van der Waals surface area contributed by atoms with Gasteiger partial charge in [0.1, 0.15) is 4.90 Å². The molecule has 0 saturated heterocycles. The Bertz CT molecular complexity index is 484. The molecule has 1 rings (SSSR count). The van der Waals surface area contributed by atoms with E-state index < -0.39 is 31.4 Å². The van der Waals surface area contributed by atoms with E-state index >= 15 is 0 Å². The maximum absolute atomic E-state index is 10.6. The van der Waals surface area contributed by atoms with E-state index in [2.05, 4.69) is 0 Å². The number of nitro benzene ring substituents is 1. The van der Waals surface area contributed by atoms with Gasteiger partial charge in [0.05, 0.1) is 4.92 Å². The quantitative estimate of drug-likeness (QED) is 0.330. The Morgan fingerprint density at radius 3 is 2.27 bits per heavy atom. The van der Waals surface area contributed by atoms with Crippen LogP contribution in [-0.4, -0.2) is 52.6 Å². The molecule has 0 aliphatic carbocycles. The van der Waals surface area contributed by atoms with Gasteiger partial charge in [-0.15, -0.1) is 0 Å². The van der Waals surface area contributed by atoms with Gasteiger partial charge in [0.2, 0.25) is 0 Å². The summed E-state index contributed by atoms with van der Waals surface area (Å²) in [5, 5.41) is 19.2. The molecule has 0 spiro atoms. The minimum atomic E-state index is -4.49. The van der Waals surface area contributed by atoms with Gasteiger partial charge < -0.3 is 5.11 Å². The van der Waals surface area contributed by atoms with Crippen molar-refractivity contribution in [2.45, 2.75) is 4.90 Å². The van der Waals surface area contributed by atoms with E-state index in [4.69, 9.17) is 9.66 Å². The van der Waals surface area contributed by atoms with E-state index in [9.17, 15) is 18.5 Å². The number of aromatic hydroxyl groups is 1. The van der Waals surface area contributed by atoms with Gasteiger partial charge in [-0.3, -0.25) is 14.7 Å². The number of nitro groups is 1. The van der Waals surface area contributed by atoms with Crippen molar-refractivity contribution >= 4 is 45.4 Å². The van der Waals surface area contributed by atoms with Gasteiger partial charge >= 0.3 is 5.69 Å². The average Bonchev–Trinajstić information content (AvgIpc) is 2.02. The summed E-state index contributed by atoms with van der Waals surface area (Å²) < 4.78 is 29.7. The molecule has 0 amide bonds. The van der Waals surface area contributed by atoms with E-state index in [1.807, 2.05) is 0 Å². The first-order valence-corrected chi connectivity index (χ1v) is 4.71. The van der Waals surface area contributed by atoms with Crippen LogP contribution in [0.4, 0.5) is 5.69 Å². The molecule has 0 fully saturated rings. The molecule has 0 aromatic heterocycles. The van der Waals surface area contributed by atoms with Crippen LogP contribution in [0.15, 0.2) is 23.1 Å². The van der Waals surface area contributed by atoms with Crippen molar-refractivity contribution in [3.63, 3.8) is 0 Å². The zero-order valence-corrected chi connectivity index (χ0v) is 10.4. The molecule has 0 unspecified atom stereocenters. The fourth-order valence-electron chi connectivity index (χ4n) is 0.810. The second-order valence-electron chi connectivity index (χ2n) is 2.38. The number of nitrogens with zero attached hydrogens (tertiary/aromatic N) is 1. The summed E-state index contributed by atoms with van der Waals surface area (Å²) in [6.07, 6.45) is 0. The smallest absolute Gasteiger partial charge is 0.312 e. The molecule has 0 saturated carbocycles. The summed E-state index contributed by atoms with van der Waals surface area (Å²) in [6.45, 7) is 0. The van der Waals surface area contributed by atoms with Crippen molar-refractivity contribution in [2.75, 3.05) is 0 Å².